The summed E-state index contributed by atoms with van der Waals surface area (Å²) in [5, 5.41) is 13.9. The Morgan fingerprint density at radius 1 is 0.493 bits per heavy atom. The Bertz CT molecular complexity index is 1600. The standard InChI is InChI=1S/C64H111N2O6P/c1-6-8-10-12-14-16-18-20-22-24-26-28-29-30-31-32-33-34-35-36-37-38-40-42-44-46-48-50-52-54-56-58-64(68)65-62(61-72-73(69,70)71-60-59-66(3,4)5)63(67)57-55-53-51-49-47-45-43-41-39-27-25-23-21-19-17-15-13-11-9-7-2/h8,10,14,16,20,22,26,28,30-31,33-34,36-37,40,42,46,48,55,57,62-63,67H,6-7,9,11-13,15,17-19,21,23-25,27,29,32,35,38-39,41,43-45,47,49-54,56,58-61H2,1-5H3,(H-,65,68,69,70)/b10-8-,16-14-,22-20-,28-26-,31-30-,34-33-,37-36-,42-40-,48-46-,57-55+. The van der Waals surface area contributed by atoms with Gasteiger partial charge in [0.05, 0.1) is 39.9 Å². The van der Waals surface area contributed by atoms with Crippen LogP contribution in [0.3, 0.4) is 0 Å². The maximum absolute atomic E-state index is 13.0. The van der Waals surface area contributed by atoms with Gasteiger partial charge in [0, 0.05) is 6.42 Å². The Kier molecular flexibility index (Phi) is 51.4. The number of hydrogen-bond donors (Lipinski definition) is 2. The van der Waals surface area contributed by atoms with Crippen molar-refractivity contribution in [2.45, 2.75) is 238 Å². The van der Waals surface area contributed by atoms with Gasteiger partial charge in [-0.25, -0.2) is 0 Å². The summed E-state index contributed by atoms with van der Waals surface area (Å²) in [4.78, 5) is 25.5. The Labute approximate surface area is 450 Å². The highest BCUT2D eigenvalue weighted by Crippen LogP contribution is 2.38. The van der Waals surface area contributed by atoms with Crippen LogP contribution in [-0.4, -0.2) is 68.5 Å². The predicted octanol–water partition coefficient (Wildman–Crippen LogP) is 17.5. The number of carbonyl (C=O) groups is 1. The summed E-state index contributed by atoms with van der Waals surface area (Å²) in [7, 11) is 1.22. The highest BCUT2D eigenvalue weighted by molar-refractivity contribution is 7.45. The highest BCUT2D eigenvalue weighted by atomic mass is 31.2. The first-order chi connectivity index (χ1) is 35.5. The van der Waals surface area contributed by atoms with Crippen molar-refractivity contribution in [2.24, 2.45) is 0 Å². The molecule has 0 saturated carbocycles. The minimum absolute atomic E-state index is 0.0144. The van der Waals surface area contributed by atoms with Crippen LogP contribution in [0.4, 0.5) is 0 Å². The summed E-state index contributed by atoms with van der Waals surface area (Å²) < 4.78 is 23.3. The average Bonchev–Trinajstić information content (AvgIpc) is 3.35. The van der Waals surface area contributed by atoms with Gasteiger partial charge in [-0.3, -0.25) is 9.36 Å². The second-order valence-corrected chi connectivity index (χ2v) is 22.0. The van der Waals surface area contributed by atoms with Gasteiger partial charge >= 0.3 is 0 Å². The van der Waals surface area contributed by atoms with Crippen molar-refractivity contribution in [1.82, 2.24) is 5.32 Å². The van der Waals surface area contributed by atoms with Gasteiger partial charge in [0.1, 0.15) is 13.2 Å². The van der Waals surface area contributed by atoms with Crippen LogP contribution in [0, 0.1) is 0 Å². The second kappa shape index (κ2) is 53.7. The number of amides is 1. The first kappa shape index (κ1) is 69.9. The van der Waals surface area contributed by atoms with Crippen molar-refractivity contribution in [1.29, 1.82) is 0 Å². The zero-order chi connectivity index (χ0) is 53.5. The van der Waals surface area contributed by atoms with Crippen molar-refractivity contribution in [2.75, 3.05) is 40.9 Å². The molecule has 3 unspecified atom stereocenters. The lowest BCUT2D eigenvalue weighted by molar-refractivity contribution is -0.870. The van der Waals surface area contributed by atoms with Crippen LogP contribution in [0.25, 0.3) is 0 Å². The van der Waals surface area contributed by atoms with Gasteiger partial charge in [0.15, 0.2) is 0 Å². The zero-order valence-corrected chi connectivity index (χ0v) is 48.4. The lowest BCUT2D eigenvalue weighted by Crippen LogP contribution is -2.45. The van der Waals surface area contributed by atoms with E-state index in [1.807, 2.05) is 27.2 Å². The molecule has 0 aromatic rings. The van der Waals surface area contributed by atoms with E-state index in [2.05, 4.69) is 129 Å². The number of likely N-dealkylation sites (N-methyl/N-ethyl adjacent to an activating group) is 1. The highest BCUT2D eigenvalue weighted by Gasteiger charge is 2.23. The van der Waals surface area contributed by atoms with Gasteiger partial charge < -0.3 is 28.8 Å². The van der Waals surface area contributed by atoms with E-state index in [1.165, 1.54) is 103 Å². The first-order valence-corrected chi connectivity index (χ1v) is 30.9. The maximum atomic E-state index is 13.0. The molecule has 0 saturated heterocycles. The van der Waals surface area contributed by atoms with Crippen molar-refractivity contribution >= 4 is 13.7 Å². The lowest BCUT2D eigenvalue weighted by atomic mass is 10.0. The first-order valence-electron chi connectivity index (χ1n) is 29.4. The van der Waals surface area contributed by atoms with Crippen LogP contribution in [0.1, 0.15) is 226 Å². The molecule has 0 aromatic heterocycles. The smallest absolute Gasteiger partial charge is 0.268 e. The van der Waals surface area contributed by atoms with Gasteiger partial charge in [0.25, 0.3) is 7.82 Å². The summed E-state index contributed by atoms with van der Waals surface area (Å²) in [6.07, 6.45) is 79.8. The predicted molar refractivity (Wildman–Crippen MR) is 315 cm³/mol. The number of hydrogen-bond acceptors (Lipinski definition) is 6. The molecule has 0 radical (unpaired) electrons. The van der Waals surface area contributed by atoms with E-state index in [-0.39, 0.29) is 12.5 Å². The van der Waals surface area contributed by atoms with Crippen molar-refractivity contribution in [3.05, 3.63) is 122 Å². The molecule has 3 atom stereocenters. The molecule has 8 nitrogen and oxygen atoms in total. The molecule has 418 valence electrons. The van der Waals surface area contributed by atoms with E-state index in [4.69, 9.17) is 9.05 Å². The van der Waals surface area contributed by atoms with Crippen LogP contribution in [0.5, 0.6) is 0 Å². The monoisotopic (exact) mass is 1030 g/mol. The number of phosphoric acid groups is 1. The second-order valence-electron chi connectivity index (χ2n) is 20.6. The Morgan fingerprint density at radius 2 is 0.836 bits per heavy atom. The fraction of sp³-hybridized carbons (Fsp3) is 0.672. The number of allylic oxidation sites excluding steroid dienone is 19. The molecule has 0 aliphatic carbocycles. The fourth-order valence-electron chi connectivity index (χ4n) is 7.85. The molecule has 0 rings (SSSR count). The number of phosphoric ester groups is 1. The van der Waals surface area contributed by atoms with Crippen molar-refractivity contribution in [3.8, 4) is 0 Å². The van der Waals surface area contributed by atoms with Gasteiger partial charge in [0.2, 0.25) is 5.91 Å². The topological polar surface area (TPSA) is 108 Å². The number of rotatable bonds is 52. The van der Waals surface area contributed by atoms with Crippen molar-refractivity contribution in [3.63, 3.8) is 0 Å². The molecule has 1 amide bonds. The summed E-state index contributed by atoms with van der Waals surface area (Å²) in [6, 6.07) is -0.914. The molecule has 0 fully saturated rings. The van der Waals surface area contributed by atoms with E-state index in [0.717, 1.165) is 96.3 Å². The Morgan fingerprint density at radius 3 is 1.22 bits per heavy atom. The van der Waals surface area contributed by atoms with Crippen LogP contribution in [0.15, 0.2) is 122 Å². The number of nitrogens with zero attached hydrogens (tertiary/aromatic N) is 1. The van der Waals surface area contributed by atoms with Crippen molar-refractivity contribution < 1.29 is 32.9 Å². The zero-order valence-electron chi connectivity index (χ0n) is 47.5. The molecule has 0 aliphatic heterocycles. The molecule has 0 spiro atoms. The SMILES string of the molecule is CC/C=C\C/C=C\C/C=C\C/C=C\C/C=C\C/C=C\C/C=C\C/C=C\C/C=C\CCCCCC(=O)NC(COP(=O)([O-])OCC[N+](C)(C)C)C(O)/C=C/CCCCCCCCCCCCCCCCCCCC. The summed E-state index contributed by atoms with van der Waals surface area (Å²) in [5.74, 6) is -0.233. The minimum Gasteiger partial charge on any atom is -0.756 e. The van der Waals surface area contributed by atoms with Crippen LogP contribution in [-0.2, 0) is 18.4 Å². The lowest BCUT2D eigenvalue weighted by Gasteiger charge is -2.29. The van der Waals surface area contributed by atoms with Gasteiger partial charge in [-0.15, -0.1) is 0 Å². The van der Waals surface area contributed by atoms with Gasteiger partial charge in [-0.05, 0) is 89.9 Å². The fourth-order valence-corrected chi connectivity index (χ4v) is 8.57. The summed E-state index contributed by atoms with van der Waals surface area (Å²) in [6.45, 7) is 4.51. The molecule has 0 aromatic carbocycles. The number of aliphatic hydroxyl groups excluding tert-OH is 1. The number of quaternary nitrogens is 1. The quantitative estimate of drug-likeness (QED) is 0.0272. The van der Waals surface area contributed by atoms with E-state index >= 15 is 0 Å². The third kappa shape index (κ3) is 56.5. The molecule has 0 aliphatic rings. The molecular weight excluding hydrogens is 924 g/mol. The Hall–Kier alpha value is -3.10. The van der Waals surface area contributed by atoms with Crippen LogP contribution >= 0.6 is 7.82 Å². The molecule has 0 bridgehead atoms. The molecule has 0 heterocycles. The van der Waals surface area contributed by atoms with Gasteiger partial charge in [-0.2, -0.15) is 0 Å². The molecule has 73 heavy (non-hydrogen) atoms. The summed E-state index contributed by atoms with van der Waals surface area (Å²) in [5.41, 5.74) is 0. The molecular formula is C64H111N2O6P. The average molecular weight is 1040 g/mol. The van der Waals surface area contributed by atoms with E-state index < -0.39 is 26.6 Å². The van der Waals surface area contributed by atoms with Crippen LogP contribution < -0.4 is 10.2 Å². The van der Waals surface area contributed by atoms with E-state index in [0.29, 0.717) is 23.9 Å². The summed E-state index contributed by atoms with van der Waals surface area (Å²) >= 11 is 0. The normalized spacial score (nSPS) is 14.8. The number of aliphatic hydroxyl groups is 1. The Balaban J connectivity index is 4.33. The molecule has 9 heteroatoms. The van der Waals surface area contributed by atoms with E-state index in [9.17, 15) is 19.4 Å². The number of nitrogens with one attached hydrogen (secondary N) is 1. The third-order valence-corrected chi connectivity index (χ3v) is 13.4. The number of carbonyl (C=O) groups excluding carboxylic acids is 1. The maximum Gasteiger partial charge on any atom is 0.268 e. The number of unbranched alkanes of at least 4 members (excludes halogenated alkanes) is 21. The van der Waals surface area contributed by atoms with Gasteiger partial charge in [-0.1, -0.05) is 251 Å². The van der Waals surface area contributed by atoms with E-state index in [1.54, 1.807) is 6.08 Å². The third-order valence-electron chi connectivity index (χ3n) is 12.4. The molecule has 2 N–H and O–H groups in total. The largest absolute Gasteiger partial charge is 0.756 e. The van der Waals surface area contributed by atoms with Crippen LogP contribution in [0.2, 0.25) is 0 Å². The minimum atomic E-state index is -4.62.